The summed E-state index contributed by atoms with van der Waals surface area (Å²) in [6.07, 6.45) is 3.45. The van der Waals surface area contributed by atoms with E-state index in [1.807, 2.05) is 12.1 Å². The number of carbonyl (C=O) groups is 1. The number of benzene rings is 2. The van der Waals surface area contributed by atoms with E-state index in [4.69, 9.17) is 15.3 Å². The molecule has 0 saturated heterocycles. The fourth-order valence-electron chi connectivity index (χ4n) is 2.99. The average molecular weight is 388 g/mol. The molecule has 7 heteroatoms. The van der Waals surface area contributed by atoms with Crippen molar-refractivity contribution in [3.8, 4) is 5.75 Å². The first-order chi connectivity index (χ1) is 13.5. The van der Waals surface area contributed by atoms with E-state index in [0.717, 1.165) is 42.7 Å². The van der Waals surface area contributed by atoms with Crippen molar-refractivity contribution in [2.24, 2.45) is 10.9 Å². The van der Waals surface area contributed by atoms with Crippen LogP contribution in [-0.4, -0.2) is 24.3 Å². The van der Waals surface area contributed by atoms with Crippen LogP contribution in [0, 0.1) is 11.6 Å². The van der Waals surface area contributed by atoms with E-state index in [0.29, 0.717) is 6.42 Å². The number of aryl methyl sites for hydroxylation is 1. The average Bonchev–Trinajstić information content (AvgIpc) is 3.15. The van der Waals surface area contributed by atoms with Crippen LogP contribution in [-0.2, 0) is 11.3 Å². The number of nitrogens with zero attached hydrogens (tertiary/aromatic N) is 1. The Morgan fingerprint density at radius 3 is 2.68 bits per heavy atom. The monoisotopic (exact) mass is 388 g/mol. The maximum Gasteiger partial charge on any atom is 0.254 e. The van der Waals surface area contributed by atoms with Gasteiger partial charge in [0.05, 0.1) is 5.71 Å². The maximum absolute atomic E-state index is 14.2. The first kappa shape index (κ1) is 19.8. The van der Waals surface area contributed by atoms with Crippen molar-refractivity contribution in [2.45, 2.75) is 38.7 Å². The lowest BCUT2D eigenvalue weighted by atomic mass is 10.0. The van der Waals surface area contributed by atoms with Gasteiger partial charge in [-0.15, -0.1) is 0 Å². The highest BCUT2D eigenvalue weighted by Crippen LogP contribution is 2.25. The molecule has 3 rings (SSSR count). The van der Waals surface area contributed by atoms with Crippen molar-refractivity contribution in [1.29, 1.82) is 0 Å². The van der Waals surface area contributed by atoms with Gasteiger partial charge in [-0.1, -0.05) is 42.8 Å². The number of halogens is 2. The molecule has 2 N–H and O–H groups in total. The molecule has 0 unspecified atom stereocenters. The van der Waals surface area contributed by atoms with Gasteiger partial charge in [0.1, 0.15) is 18.0 Å². The van der Waals surface area contributed by atoms with Crippen molar-refractivity contribution in [1.82, 2.24) is 0 Å². The van der Waals surface area contributed by atoms with E-state index in [9.17, 15) is 13.6 Å². The summed E-state index contributed by atoms with van der Waals surface area (Å²) in [5.41, 5.74) is 7.22. The van der Waals surface area contributed by atoms with Crippen LogP contribution < -0.4 is 10.5 Å². The second kappa shape index (κ2) is 8.82. The van der Waals surface area contributed by atoms with Gasteiger partial charge in [-0.3, -0.25) is 4.79 Å². The molecule has 0 aromatic heterocycles. The molecule has 0 aliphatic carbocycles. The molecule has 28 heavy (non-hydrogen) atoms. The summed E-state index contributed by atoms with van der Waals surface area (Å²) in [4.78, 5) is 16.5. The standard InChI is InChI=1S/C21H22F2N2O3/c1-2-3-4-13-5-7-14(8-6-13)17-11-15(28-25-17)12-27-18-10-9-16(22)19(20(18)23)21(24)26/h5-10,15H,2-4,11-12H2,1H3,(H2,24,26)/t15-/m1/s1. The molecule has 1 atom stereocenters. The largest absolute Gasteiger partial charge is 0.486 e. The summed E-state index contributed by atoms with van der Waals surface area (Å²) in [5.74, 6) is -3.59. The van der Waals surface area contributed by atoms with E-state index >= 15 is 0 Å². The molecule has 0 fully saturated rings. The van der Waals surface area contributed by atoms with Gasteiger partial charge in [-0.05, 0) is 36.1 Å². The van der Waals surface area contributed by atoms with Crippen molar-refractivity contribution in [2.75, 3.05) is 6.61 Å². The molecule has 1 amide bonds. The van der Waals surface area contributed by atoms with Gasteiger partial charge < -0.3 is 15.3 Å². The number of nitrogens with two attached hydrogens (primary N) is 1. The highest BCUT2D eigenvalue weighted by Gasteiger charge is 2.25. The summed E-state index contributed by atoms with van der Waals surface area (Å²) in [5, 5.41) is 4.08. The number of ether oxygens (including phenoxy) is 1. The van der Waals surface area contributed by atoms with Crippen molar-refractivity contribution in [3.63, 3.8) is 0 Å². The zero-order valence-corrected chi connectivity index (χ0v) is 15.6. The molecule has 2 aromatic rings. The summed E-state index contributed by atoms with van der Waals surface area (Å²) >= 11 is 0. The van der Waals surface area contributed by atoms with Crippen LogP contribution in [0.3, 0.4) is 0 Å². The zero-order chi connectivity index (χ0) is 20.1. The van der Waals surface area contributed by atoms with Gasteiger partial charge in [0.15, 0.2) is 17.7 Å². The minimum Gasteiger partial charge on any atom is -0.486 e. The SMILES string of the molecule is CCCCc1ccc(C2=NO[C@@H](COc3ccc(F)c(C(N)=O)c3F)C2)cc1. The molecule has 148 valence electrons. The Morgan fingerprint density at radius 2 is 2.00 bits per heavy atom. The lowest BCUT2D eigenvalue weighted by Gasteiger charge is -2.12. The number of unbranched alkanes of at least 4 members (excludes halogenated alkanes) is 1. The van der Waals surface area contributed by atoms with Crippen LogP contribution in [0.2, 0.25) is 0 Å². The molecule has 0 saturated carbocycles. The first-order valence-electron chi connectivity index (χ1n) is 9.22. The Balaban J connectivity index is 1.58. The summed E-state index contributed by atoms with van der Waals surface area (Å²) in [6.45, 7) is 2.16. The second-order valence-electron chi connectivity index (χ2n) is 6.68. The minimum atomic E-state index is -1.19. The maximum atomic E-state index is 14.2. The number of amides is 1. The molecule has 0 radical (unpaired) electrons. The third-order valence-corrected chi connectivity index (χ3v) is 4.57. The summed E-state index contributed by atoms with van der Waals surface area (Å²) < 4.78 is 33.1. The Labute approximate surface area is 162 Å². The smallest absolute Gasteiger partial charge is 0.254 e. The second-order valence-corrected chi connectivity index (χ2v) is 6.68. The number of hydrogen-bond donors (Lipinski definition) is 1. The predicted molar refractivity (Wildman–Crippen MR) is 101 cm³/mol. The van der Waals surface area contributed by atoms with Crippen molar-refractivity contribution >= 4 is 11.6 Å². The van der Waals surface area contributed by atoms with Crippen LogP contribution in [0.4, 0.5) is 8.78 Å². The summed E-state index contributed by atoms with van der Waals surface area (Å²) in [6, 6.07) is 10.2. The highest BCUT2D eigenvalue weighted by molar-refractivity contribution is 6.01. The van der Waals surface area contributed by atoms with Gasteiger partial charge in [0, 0.05) is 6.42 Å². The number of primary amides is 1. The lowest BCUT2D eigenvalue weighted by molar-refractivity contribution is 0.0458. The number of carbonyl (C=O) groups excluding carboxylic acids is 1. The van der Waals surface area contributed by atoms with E-state index in [2.05, 4.69) is 24.2 Å². The van der Waals surface area contributed by atoms with Crippen LogP contribution in [0.5, 0.6) is 5.75 Å². The third kappa shape index (κ3) is 4.47. The third-order valence-electron chi connectivity index (χ3n) is 4.57. The fourth-order valence-corrected chi connectivity index (χ4v) is 2.99. The van der Waals surface area contributed by atoms with Crippen molar-refractivity contribution < 1.29 is 23.1 Å². The van der Waals surface area contributed by atoms with Gasteiger partial charge in [-0.2, -0.15) is 0 Å². The molecule has 1 aliphatic heterocycles. The van der Waals surface area contributed by atoms with E-state index < -0.39 is 29.2 Å². The van der Waals surface area contributed by atoms with E-state index in [-0.39, 0.29) is 12.4 Å². The summed E-state index contributed by atoms with van der Waals surface area (Å²) in [7, 11) is 0. The number of rotatable bonds is 8. The lowest BCUT2D eigenvalue weighted by Crippen LogP contribution is -2.20. The molecule has 0 spiro atoms. The molecule has 1 aliphatic rings. The Bertz CT molecular complexity index is 882. The topological polar surface area (TPSA) is 73.9 Å². The van der Waals surface area contributed by atoms with Gasteiger partial charge in [0.25, 0.3) is 5.91 Å². The zero-order valence-electron chi connectivity index (χ0n) is 15.6. The molecule has 5 nitrogen and oxygen atoms in total. The molecule has 0 bridgehead atoms. The van der Waals surface area contributed by atoms with Gasteiger partial charge >= 0.3 is 0 Å². The molecular weight excluding hydrogens is 366 g/mol. The van der Waals surface area contributed by atoms with Crippen LogP contribution in [0.15, 0.2) is 41.6 Å². The fraction of sp³-hybridized carbons (Fsp3) is 0.333. The number of hydrogen-bond acceptors (Lipinski definition) is 4. The van der Waals surface area contributed by atoms with Crippen LogP contribution in [0.1, 0.15) is 47.7 Å². The van der Waals surface area contributed by atoms with E-state index in [1.54, 1.807) is 0 Å². The minimum absolute atomic E-state index is 0.00232. The van der Waals surface area contributed by atoms with Crippen LogP contribution in [0.25, 0.3) is 0 Å². The first-order valence-corrected chi connectivity index (χ1v) is 9.22. The molecule has 2 aromatic carbocycles. The Morgan fingerprint density at radius 1 is 1.25 bits per heavy atom. The Kier molecular flexibility index (Phi) is 6.23. The van der Waals surface area contributed by atoms with Crippen molar-refractivity contribution in [3.05, 3.63) is 64.7 Å². The quantitative estimate of drug-likeness (QED) is 0.743. The van der Waals surface area contributed by atoms with Gasteiger partial charge in [0.2, 0.25) is 0 Å². The normalized spacial score (nSPS) is 15.8. The van der Waals surface area contributed by atoms with Crippen LogP contribution >= 0.6 is 0 Å². The highest BCUT2D eigenvalue weighted by atomic mass is 19.1. The molecule has 1 heterocycles. The van der Waals surface area contributed by atoms with E-state index in [1.165, 1.54) is 5.56 Å². The Hall–Kier alpha value is -2.96. The molecular formula is C21H22F2N2O3. The predicted octanol–water partition coefficient (Wildman–Crippen LogP) is 3.98. The number of oxime groups is 1. The van der Waals surface area contributed by atoms with Gasteiger partial charge in [-0.25, -0.2) is 8.78 Å².